The van der Waals surface area contributed by atoms with Gasteiger partial charge in [-0.25, -0.2) is 13.1 Å². The van der Waals surface area contributed by atoms with Gasteiger partial charge in [0.2, 0.25) is 10.0 Å². The molecule has 1 saturated carbocycles. The van der Waals surface area contributed by atoms with Crippen LogP contribution in [0.2, 0.25) is 0 Å². The minimum Gasteiger partial charge on any atom is -0.329 e. The monoisotopic (exact) mass is 279 g/mol. The van der Waals surface area contributed by atoms with Crippen LogP contribution >= 0.6 is 0 Å². The average Bonchev–Trinajstić information content (AvgIpc) is 2.87. The summed E-state index contributed by atoms with van der Waals surface area (Å²) in [6.45, 7) is 0.308. The van der Waals surface area contributed by atoms with Crippen molar-refractivity contribution >= 4 is 10.0 Å². The number of nitrogens with zero attached hydrogens (tertiary/aromatic N) is 1. The minimum absolute atomic E-state index is 0.172. The molecule has 0 bridgehead atoms. The van der Waals surface area contributed by atoms with Crippen molar-refractivity contribution in [3.8, 4) is 6.07 Å². The van der Waals surface area contributed by atoms with Gasteiger partial charge in [-0.05, 0) is 37.1 Å². The lowest BCUT2D eigenvalue weighted by atomic mass is 10.0. The highest BCUT2D eigenvalue weighted by Gasteiger charge is 2.36. The van der Waals surface area contributed by atoms with Gasteiger partial charge in [0.1, 0.15) is 0 Å². The summed E-state index contributed by atoms with van der Waals surface area (Å²) < 4.78 is 27.3. The summed E-state index contributed by atoms with van der Waals surface area (Å²) in [6.07, 6.45) is 3.54. The number of nitrogens with one attached hydrogen (secondary N) is 1. The molecule has 0 atom stereocenters. The van der Waals surface area contributed by atoms with Crippen LogP contribution in [-0.2, 0) is 10.0 Å². The van der Waals surface area contributed by atoms with Gasteiger partial charge >= 0.3 is 0 Å². The maximum atomic E-state index is 12.3. The fourth-order valence-electron chi connectivity index (χ4n) is 2.45. The molecule has 0 unspecified atom stereocenters. The fourth-order valence-corrected chi connectivity index (χ4v) is 3.92. The molecule has 0 radical (unpaired) electrons. The van der Waals surface area contributed by atoms with E-state index in [1.54, 1.807) is 0 Å². The van der Waals surface area contributed by atoms with E-state index in [1.807, 2.05) is 6.07 Å². The molecule has 1 aliphatic carbocycles. The molecule has 1 aromatic carbocycles. The third-order valence-electron chi connectivity index (χ3n) is 3.60. The van der Waals surface area contributed by atoms with Crippen LogP contribution in [0.15, 0.2) is 29.2 Å². The third kappa shape index (κ3) is 2.95. The maximum Gasteiger partial charge on any atom is 0.241 e. The minimum atomic E-state index is -3.58. The lowest BCUT2D eigenvalue weighted by Gasteiger charge is -2.28. The molecule has 3 N–H and O–H groups in total. The Balaban J connectivity index is 2.24. The standard InChI is InChI=1S/C13H17N3O2S/c14-9-11-3-5-12(6-4-11)19(17,18)16-13(10-15)7-1-2-8-13/h3-6,16H,1-2,7-8,10,15H2. The van der Waals surface area contributed by atoms with E-state index in [0.29, 0.717) is 12.1 Å². The number of rotatable bonds is 4. The number of nitrogens with two attached hydrogens (primary N) is 1. The molecule has 1 aromatic rings. The van der Waals surface area contributed by atoms with Crippen LogP contribution in [0.1, 0.15) is 31.2 Å². The van der Waals surface area contributed by atoms with Gasteiger partial charge in [-0.2, -0.15) is 5.26 Å². The lowest BCUT2D eigenvalue weighted by molar-refractivity contribution is 0.399. The fraction of sp³-hybridized carbons (Fsp3) is 0.462. The maximum absolute atomic E-state index is 12.3. The Bertz CT molecular complexity index is 581. The summed E-state index contributed by atoms with van der Waals surface area (Å²) in [4.78, 5) is 0.172. The first kappa shape index (κ1) is 14.0. The first-order valence-corrected chi connectivity index (χ1v) is 7.74. The van der Waals surface area contributed by atoms with Crippen LogP contribution in [0.25, 0.3) is 0 Å². The quantitative estimate of drug-likeness (QED) is 0.862. The second-order valence-corrected chi connectivity index (χ2v) is 6.62. The molecule has 102 valence electrons. The summed E-state index contributed by atoms with van der Waals surface area (Å²) in [6, 6.07) is 7.85. The number of nitriles is 1. The molecule has 0 amide bonds. The first-order valence-electron chi connectivity index (χ1n) is 6.26. The van der Waals surface area contributed by atoms with Crippen LogP contribution in [0.3, 0.4) is 0 Å². The molecule has 1 aliphatic rings. The average molecular weight is 279 g/mol. The van der Waals surface area contributed by atoms with E-state index < -0.39 is 15.6 Å². The summed E-state index contributed by atoms with van der Waals surface area (Å²) in [5.41, 5.74) is 5.66. The zero-order valence-corrected chi connectivity index (χ0v) is 11.4. The van der Waals surface area contributed by atoms with Gasteiger partial charge in [-0.1, -0.05) is 12.8 Å². The van der Waals surface area contributed by atoms with Gasteiger partial charge < -0.3 is 5.73 Å². The molecule has 5 nitrogen and oxygen atoms in total. The molecular formula is C13H17N3O2S. The number of benzene rings is 1. The predicted molar refractivity (Wildman–Crippen MR) is 71.7 cm³/mol. The lowest BCUT2D eigenvalue weighted by Crippen LogP contribution is -2.51. The molecule has 0 saturated heterocycles. The molecule has 0 aliphatic heterocycles. The summed E-state index contributed by atoms with van der Waals surface area (Å²) in [7, 11) is -3.58. The zero-order chi connectivity index (χ0) is 13.9. The van der Waals surface area contributed by atoms with E-state index >= 15 is 0 Å². The van der Waals surface area contributed by atoms with Crippen LogP contribution < -0.4 is 10.5 Å². The molecular weight excluding hydrogens is 262 g/mol. The van der Waals surface area contributed by atoms with Crippen molar-refractivity contribution in [3.05, 3.63) is 29.8 Å². The Hall–Kier alpha value is -1.42. The highest BCUT2D eigenvalue weighted by Crippen LogP contribution is 2.30. The van der Waals surface area contributed by atoms with Crippen molar-refractivity contribution in [2.75, 3.05) is 6.54 Å². The summed E-state index contributed by atoms with van der Waals surface area (Å²) in [5, 5.41) is 8.71. The SMILES string of the molecule is N#Cc1ccc(S(=O)(=O)NC2(CN)CCCC2)cc1. The van der Waals surface area contributed by atoms with Gasteiger partial charge in [-0.3, -0.25) is 0 Å². The topological polar surface area (TPSA) is 96.0 Å². The van der Waals surface area contributed by atoms with E-state index in [-0.39, 0.29) is 4.90 Å². The Morgan fingerprint density at radius 1 is 1.26 bits per heavy atom. The van der Waals surface area contributed by atoms with Crippen molar-refractivity contribution in [1.29, 1.82) is 5.26 Å². The van der Waals surface area contributed by atoms with E-state index in [9.17, 15) is 8.42 Å². The first-order chi connectivity index (χ1) is 9.01. The Morgan fingerprint density at radius 2 is 1.84 bits per heavy atom. The van der Waals surface area contributed by atoms with Crippen LogP contribution in [0, 0.1) is 11.3 Å². The molecule has 19 heavy (non-hydrogen) atoms. The van der Waals surface area contributed by atoms with Gasteiger partial charge in [0.25, 0.3) is 0 Å². The van der Waals surface area contributed by atoms with Gasteiger partial charge in [0.05, 0.1) is 16.5 Å². The third-order valence-corrected chi connectivity index (χ3v) is 5.19. The molecule has 2 rings (SSSR count). The van der Waals surface area contributed by atoms with Crippen molar-refractivity contribution in [2.24, 2.45) is 5.73 Å². The summed E-state index contributed by atoms with van der Waals surface area (Å²) in [5.74, 6) is 0. The Labute approximate surface area is 113 Å². The van der Waals surface area contributed by atoms with Gasteiger partial charge in [0.15, 0.2) is 0 Å². The second-order valence-electron chi connectivity index (χ2n) is 4.93. The molecule has 6 heteroatoms. The van der Waals surface area contributed by atoms with Crippen molar-refractivity contribution in [2.45, 2.75) is 36.1 Å². The normalized spacial score (nSPS) is 18.1. The zero-order valence-electron chi connectivity index (χ0n) is 10.6. The van der Waals surface area contributed by atoms with Crippen LogP contribution in [0.5, 0.6) is 0 Å². The Morgan fingerprint density at radius 3 is 2.32 bits per heavy atom. The van der Waals surface area contributed by atoms with Crippen LogP contribution in [0.4, 0.5) is 0 Å². The summed E-state index contributed by atoms with van der Waals surface area (Å²) >= 11 is 0. The van der Waals surface area contributed by atoms with E-state index in [4.69, 9.17) is 11.0 Å². The van der Waals surface area contributed by atoms with Gasteiger partial charge in [0, 0.05) is 12.1 Å². The predicted octanol–water partition coefficient (Wildman–Crippen LogP) is 1.11. The van der Waals surface area contributed by atoms with E-state index in [1.165, 1.54) is 24.3 Å². The highest BCUT2D eigenvalue weighted by atomic mass is 32.2. The molecule has 0 spiro atoms. The van der Waals surface area contributed by atoms with E-state index in [0.717, 1.165) is 25.7 Å². The van der Waals surface area contributed by atoms with Gasteiger partial charge in [-0.15, -0.1) is 0 Å². The molecule has 0 heterocycles. The molecule has 0 aromatic heterocycles. The largest absolute Gasteiger partial charge is 0.329 e. The highest BCUT2D eigenvalue weighted by molar-refractivity contribution is 7.89. The van der Waals surface area contributed by atoms with Crippen LogP contribution in [-0.4, -0.2) is 20.5 Å². The van der Waals surface area contributed by atoms with Crippen molar-refractivity contribution in [1.82, 2.24) is 4.72 Å². The van der Waals surface area contributed by atoms with Crippen molar-refractivity contribution < 1.29 is 8.42 Å². The second kappa shape index (κ2) is 5.29. The number of sulfonamides is 1. The number of hydrogen-bond acceptors (Lipinski definition) is 4. The Kier molecular flexibility index (Phi) is 3.90. The molecule has 1 fully saturated rings. The smallest absolute Gasteiger partial charge is 0.241 e. The number of hydrogen-bond donors (Lipinski definition) is 2. The van der Waals surface area contributed by atoms with Crippen molar-refractivity contribution in [3.63, 3.8) is 0 Å². The van der Waals surface area contributed by atoms with E-state index in [2.05, 4.69) is 4.72 Å².